The molecule has 0 amide bonds. The summed E-state index contributed by atoms with van der Waals surface area (Å²) in [4.78, 5) is 23.1. The molecule has 1 N–H and O–H groups in total. The molecule has 1 fully saturated rings. The van der Waals surface area contributed by atoms with Crippen LogP contribution < -0.4 is 5.32 Å². The smallest absolute Gasteiger partial charge is 0.243 e. The lowest BCUT2D eigenvalue weighted by atomic mass is 9.66. The number of hydrogen-bond donors (Lipinski definition) is 1. The summed E-state index contributed by atoms with van der Waals surface area (Å²) in [7, 11) is 0. The van der Waals surface area contributed by atoms with Crippen LogP contribution in [-0.2, 0) is 0 Å². The number of nitro groups is 2. The summed E-state index contributed by atoms with van der Waals surface area (Å²) in [5.41, 5.74) is 0.0761. The molecule has 1 saturated heterocycles. The molecular weight excluding hydrogens is 405 g/mol. The van der Waals surface area contributed by atoms with Crippen molar-refractivity contribution in [3.8, 4) is 0 Å². The first-order valence-electron chi connectivity index (χ1n) is 8.67. The Kier molecular flexibility index (Phi) is 5.61. The molecule has 0 aromatic heterocycles. The molecule has 0 spiro atoms. The Morgan fingerprint density at radius 1 is 0.786 bits per heavy atom. The number of rotatable bonds is 4. The average molecular weight is 424 g/mol. The van der Waals surface area contributed by atoms with Crippen LogP contribution >= 0.6 is 23.2 Å². The molecule has 0 radical (unpaired) electrons. The average Bonchev–Trinajstić information content (AvgIpc) is 2.60. The second kappa shape index (κ2) is 7.66. The van der Waals surface area contributed by atoms with E-state index in [4.69, 9.17) is 23.2 Å². The lowest BCUT2D eigenvalue weighted by Gasteiger charge is -2.44. The summed E-state index contributed by atoms with van der Waals surface area (Å²) in [6.07, 6.45) is 0. The molecule has 7 nitrogen and oxygen atoms in total. The van der Waals surface area contributed by atoms with Crippen LogP contribution in [0.2, 0.25) is 10.0 Å². The Morgan fingerprint density at radius 3 is 1.39 bits per heavy atom. The molecule has 0 saturated carbocycles. The Morgan fingerprint density at radius 2 is 1.11 bits per heavy atom. The highest BCUT2D eigenvalue weighted by Crippen LogP contribution is 2.47. The van der Waals surface area contributed by atoms with Crippen molar-refractivity contribution in [3.63, 3.8) is 0 Å². The van der Waals surface area contributed by atoms with Crippen LogP contribution in [-0.4, -0.2) is 21.9 Å². The van der Waals surface area contributed by atoms with Gasteiger partial charge in [0.25, 0.3) is 0 Å². The van der Waals surface area contributed by atoms with E-state index in [1.807, 2.05) is 0 Å². The van der Waals surface area contributed by atoms with E-state index in [9.17, 15) is 20.2 Å². The van der Waals surface area contributed by atoms with Crippen LogP contribution in [0, 0.1) is 25.6 Å². The summed E-state index contributed by atoms with van der Waals surface area (Å²) in [6.45, 7) is 3.17. The van der Waals surface area contributed by atoms with Gasteiger partial charge in [0.2, 0.25) is 12.1 Å². The van der Waals surface area contributed by atoms with E-state index in [2.05, 4.69) is 5.32 Å². The number of piperidine rings is 1. The van der Waals surface area contributed by atoms with Gasteiger partial charge >= 0.3 is 0 Å². The lowest BCUT2D eigenvalue weighted by Crippen LogP contribution is -2.63. The third kappa shape index (κ3) is 3.70. The van der Waals surface area contributed by atoms with Crippen LogP contribution in [0.4, 0.5) is 0 Å². The predicted octanol–water partition coefficient (Wildman–Crippen LogP) is 4.70. The molecule has 28 heavy (non-hydrogen) atoms. The van der Waals surface area contributed by atoms with Gasteiger partial charge < -0.3 is 0 Å². The second-order valence-electron chi connectivity index (χ2n) is 7.51. The number of nitrogens with zero attached hydrogens (tertiary/aromatic N) is 2. The van der Waals surface area contributed by atoms with Gasteiger partial charge in [-0.2, -0.15) is 0 Å². The highest BCUT2D eigenvalue weighted by Gasteiger charge is 2.62. The summed E-state index contributed by atoms with van der Waals surface area (Å²) >= 11 is 11.9. The van der Waals surface area contributed by atoms with Crippen molar-refractivity contribution in [2.24, 2.45) is 5.41 Å². The molecule has 148 valence electrons. The van der Waals surface area contributed by atoms with E-state index in [0.29, 0.717) is 21.2 Å². The fraction of sp³-hybridized carbons (Fsp3) is 0.368. The topological polar surface area (TPSA) is 98.3 Å². The van der Waals surface area contributed by atoms with E-state index in [-0.39, 0.29) is 0 Å². The van der Waals surface area contributed by atoms with Gasteiger partial charge in [-0.1, -0.05) is 47.5 Å². The fourth-order valence-corrected chi connectivity index (χ4v) is 4.35. The molecule has 0 bridgehead atoms. The number of hydrogen-bond acceptors (Lipinski definition) is 5. The van der Waals surface area contributed by atoms with Crippen LogP contribution in [0.1, 0.15) is 37.1 Å². The summed E-state index contributed by atoms with van der Waals surface area (Å²) in [5.74, 6) is 0. The standard InChI is InChI=1S/C19H19Cl2N3O4/c1-19(2)17(23(25)26)15(11-3-7-13(20)8-4-11)22-16(18(19)24(27)28)12-5-9-14(21)10-6-12/h3-10,15-18,22H,1-2H3/t15-,16-,17-,18+/m0/s1. The molecule has 4 atom stereocenters. The number of benzene rings is 2. The molecule has 1 aliphatic rings. The maximum atomic E-state index is 12.0. The van der Waals surface area contributed by atoms with Crippen molar-refractivity contribution in [2.45, 2.75) is 38.0 Å². The third-order valence-electron chi connectivity index (χ3n) is 5.43. The lowest BCUT2D eigenvalue weighted by molar-refractivity contribution is -0.605. The molecule has 0 unspecified atom stereocenters. The van der Waals surface area contributed by atoms with E-state index >= 15 is 0 Å². The van der Waals surface area contributed by atoms with Gasteiger partial charge in [-0.05, 0) is 49.2 Å². The molecule has 0 aliphatic carbocycles. The largest absolute Gasteiger partial charge is 0.291 e. The van der Waals surface area contributed by atoms with E-state index in [1.54, 1.807) is 62.4 Å². The van der Waals surface area contributed by atoms with Gasteiger partial charge in [0.05, 0.1) is 0 Å². The quantitative estimate of drug-likeness (QED) is 0.567. The van der Waals surface area contributed by atoms with Crippen molar-refractivity contribution >= 4 is 23.2 Å². The van der Waals surface area contributed by atoms with Crippen molar-refractivity contribution in [3.05, 3.63) is 89.9 Å². The van der Waals surface area contributed by atoms with Crippen molar-refractivity contribution in [1.29, 1.82) is 0 Å². The minimum Gasteiger partial charge on any atom is -0.291 e. The third-order valence-corrected chi connectivity index (χ3v) is 5.93. The fourth-order valence-electron chi connectivity index (χ4n) is 4.09. The Balaban J connectivity index is 2.14. The number of nitrogens with one attached hydrogen (secondary N) is 1. The molecule has 3 rings (SSSR count). The minimum absolute atomic E-state index is 0.430. The zero-order chi connectivity index (χ0) is 20.6. The first-order chi connectivity index (χ1) is 13.1. The first-order valence-corrected chi connectivity index (χ1v) is 9.42. The zero-order valence-corrected chi connectivity index (χ0v) is 16.7. The van der Waals surface area contributed by atoms with Crippen molar-refractivity contribution in [2.75, 3.05) is 0 Å². The molecule has 2 aromatic rings. The molecule has 9 heteroatoms. The zero-order valence-electron chi connectivity index (χ0n) is 15.2. The van der Waals surface area contributed by atoms with E-state index < -0.39 is 39.4 Å². The first kappa shape index (κ1) is 20.5. The Bertz CT molecular complexity index is 816. The monoisotopic (exact) mass is 423 g/mol. The predicted molar refractivity (Wildman–Crippen MR) is 107 cm³/mol. The molecular formula is C19H19Cl2N3O4. The van der Waals surface area contributed by atoms with Crippen LogP contribution in [0.15, 0.2) is 48.5 Å². The Labute approximate surface area is 171 Å². The van der Waals surface area contributed by atoms with Crippen molar-refractivity contribution in [1.82, 2.24) is 5.32 Å². The minimum atomic E-state index is -1.23. The molecule has 1 aliphatic heterocycles. The Hall–Kier alpha value is -2.22. The maximum Gasteiger partial charge on any atom is 0.243 e. The van der Waals surface area contributed by atoms with E-state index in [0.717, 1.165) is 0 Å². The van der Waals surface area contributed by atoms with Gasteiger partial charge in [0.1, 0.15) is 17.5 Å². The van der Waals surface area contributed by atoms with Crippen LogP contribution in [0.25, 0.3) is 0 Å². The van der Waals surface area contributed by atoms with Crippen LogP contribution in [0.5, 0.6) is 0 Å². The van der Waals surface area contributed by atoms with Gasteiger partial charge in [0, 0.05) is 19.9 Å². The summed E-state index contributed by atoms with van der Waals surface area (Å²) in [5, 5.41) is 28.1. The normalized spacial score (nSPS) is 26.6. The second-order valence-corrected chi connectivity index (χ2v) is 8.38. The summed E-state index contributed by atoms with van der Waals surface area (Å²) in [6, 6.07) is 9.59. The van der Waals surface area contributed by atoms with Gasteiger partial charge in [-0.25, -0.2) is 0 Å². The van der Waals surface area contributed by atoms with Crippen LogP contribution in [0.3, 0.4) is 0 Å². The maximum absolute atomic E-state index is 12.0. The van der Waals surface area contributed by atoms with E-state index in [1.165, 1.54) is 0 Å². The highest BCUT2D eigenvalue weighted by molar-refractivity contribution is 6.30. The SMILES string of the molecule is CC1(C)[C@@H]([N+](=O)[O-])[C@H](c2ccc(Cl)cc2)N[C@@H](c2ccc(Cl)cc2)[C@H]1[N+](=O)[O-]. The number of halogens is 2. The molecule has 2 aromatic carbocycles. The van der Waals surface area contributed by atoms with Gasteiger partial charge in [-0.3, -0.25) is 25.5 Å². The summed E-state index contributed by atoms with van der Waals surface area (Å²) < 4.78 is 0. The molecule has 1 heterocycles. The van der Waals surface area contributed by atoms with Gasteiger partial charge in [0.15, 0.2) is 0 Å². The van der Waals surface area contributed by atoms with Gasteiger partial charge in [-0.15, -0.1) is 0 Å². The van der Waals surface area contributed by atoms with Crippen molar-refractivity contribution < 1.29 is 9.85 Å². The highest BCUT2D eigenvalue weighted by atomic mass is 35.5.